The summed E-state index contributed by atoms with van der Waals surface area (Å²) >= 11 is 0. The van der Waals surface area contributed by atoms with Crippen LogP contribution in [0.1, 0.15) is 56.6 Å². The van der Waals surface area contributed by atoms with E-state index >= 15 is 0 Å². The Balaban J connectivity index is 1.66. The zero-order valence-electron chi connectivity index (χ0n) is 15.1. The van der Waals surface area contributed by atoms with E-state index in [-0.39, 0.29) is 11.4 Å². The maximum Gasteiger partial charge on any atom is 0.312 e. The molecule has 1 amide bonds. The molecule has 4 nitrogen and oxygen atoms in total. The van der Waals surface area contributed by atoms with E-state index in [1.807, 2.05) is 0 Å². The molecule has 3 atom stereocenters. The van der Waals surface area contributed by atoms with Gasteiger partial charge in [0, 0.05) is 0 Å². The number of carbonyl (C=O) groups excluding carboxylic acids is 2. The van der Waals surface area contributed by atoms with Crippen LogP contribution in [0.25, 0.3) is 0 Å². The lowest BCUT2D eigenvalue weighted by Gasteiger charge is -2.61. The zero-order valence-corrected chi connectivity index (χ0v) is 15.1. The van der Waals surface area contributed by atoms with Gasteiger partial charge in [-0.1, -0.05) is 29.8 Å². The molecule has 25 heavy (non-hydrogen) atoms. The van der Waals surface area contributed by atoms with Gasteiger partial charge in [-0.25, -0.2) is 0 Å². The van der Waals surface area contributed by atoms with Crippen molar-refractivity contribution in [2.24, 2.45) is 23.0 Å². The van der Waals surface area contributed by atoms with Crippen molar-refractivity contribution in [2.45, 2.75) is 63.9 Å². The number of benzene rings is 1. The van der Waals surface area contributed by atoms with Gasteiger partial charge in [-0.05, 0) is 75.2 Å². The Labute approximate surface area is 149 Å². The number of ether oxygens (including phenoxy) is 1. The van der Waals surface area contributed by atoms with Crippen molar-refractivity contribution in [3.8, 4) is 0 Å². The SMILES string of the molecule is Cc1ccc(C23C[C@H]4C[C@@H](CC(C(=O)O[C@H](C)C(N)=O)(C4)C2)C3)cc1. The van der Waals surface area contributed by atoms with E-state index in [2.05, 4.69) is 31.2 Å². The molecular formula is C21H27NO3. The summed E-state index contributed by atoms with van der Waals surface area (Å²) < 4.78 is 5.48. The van der Waals surface area contributed by atoms with Crippen LogP contribution in [0.2, 0.25) is 0 Å². The van der Waals surface area contributed by atoms with E-state index < -0.39 is 17.4 Å². The quantitative estimate of drug-likeness (QED) is 0.855. The predicted molar refractivity (Wildman–Crippen MR) is 94.7 cm³/mol. The van der Waals surface area contributed by atoms with Crippen LogP contribution < -0.4 is 5.73 Å². The molecule has 0 aliphatic heterocycles. The molecule has 5 rings (SSSR count). The number of aryl methyl sites for hydroxylation is 1. The van der Waals surface area contributed by atoms with Gasteiger partial charge in [0.15, 0.2) is 6.10 Å². The van der Waals surface area contributed by atoms with Crippen LogP contribution in [0.4, 0.5) is 0 Å². The molecule has 0 radical (unpaired) electrons. The maximum absolute atomic E-state index is 13.0. The Kier molecular flexibility index (Phi) is 3.71. The summed E-state index contributed by atoms with van der Waals surface area (Å²) in [5, 5.41) is 0. The van der Waals surface area contributed by atoms with Crippen molar-refractivity contribution in [3.05, 3.63) is 35.4 Å². The summed E-state index contributed by atoms with van der Waals surface area (Å²) in [6.07, 6.45) is 5.38. The Morgan fingerprint density at radius 1 is 1.12 bits per heavy atom. The second-order valence-corrected chi connectivity index (χ2v) is 8.84. The Morgan fingerprint density at radius 3 is 2.28 bits per heavy atom. The van der Waals surface area contributed by atoms with Gasteiger partial charge in [-0.2, -0.15) is 0 Å². The summed E-state index contributed by atoms with van der Waals surface area (Å²) in [5.41, 5.74) is 7.58. The number of hydrogen-bond donors (Lipinski definition) is 1. The second kappa shape index (κ2) is 5.58. The lowest BCUT2D eigenvalue weighted by atomic mass is 9.43. The molecular weight excluding hydrogens is 314 g/mol. The summed E-state index contributed by atoms with van der Waals surface area (Å²) in [6.45, 7) is 3.67. The molecule has 134 valence electrons. The fourth-order valence-electron chi connectivity index (χ4n) is 6.09. The minimum Gasteiger partial charge on any atom is -0.452 e. The molecule has 4 heteroatoms. The van der Waals surface area contributed by atoms with Gasteiger partial charge in [-0.15, -0.1) is 0 Å². The first-order valence-electron chi connectivity index (χ1n) is 9.39. The van der Waals surface area contributed by atoms with Crippen molar-refractivity contribution < 1.29 is 14.3 Å². The van der Waals surface area contributed by atoms with Crippen molar-refractivity contribution >= 4 is 11.9 Å². The zero-order chi connectivity index (χ0) is 17.8. The molecule has 2 N–H and O–H groups in total. The molecule has 0 unspecified atom stereocenters. The molecule has 1 aromatic carbocycles. The van der Waals surface area contributed by atoms with Crippen molar-refractivity contribution in [3.63, 3.8) is 0 Å². The largest absolute Gasteiger partial charge is 0.452 e. The normalized spacial score (nSPS) is 36.9. The van der Waals surface area contributed by atoms with E-state index in [0.717, 1.165) is 19.3 Å². The van der Waals surface area contributed by atoms with Crippen LogP contribution in [0, 0.1) is 24.2 Å². The van der Waals surface area contributed by atoms with Gasteiger partial charge >= 0.3 is 5.97 Å². The predicted octanol–water partition coefficient (Wildman–Crippen LogP) is 3.25. The summed E-state index contributed by atoms with van der Waals surface area (Å²) in [6, 6.07) is 8.84. The van der Waals surface area contributed by atoms with E-state index in [4.69, 9.17) is 10.5 Å². The lowest BCUT2D eigenvalue weighted by Crippen LogP contribution is -2.57. The van der Waals surface area contributed by atoms with Gasteiger partial charge in [0.05, 0.1) is 5.41 Å². The van der Waals surface area contributed by atoms with Crippen LogP contribution in [0.5, 0.6) is 0 Å². The van der Waals surface area contributed by atoms with Gasteiger partial charge in [0.1, 0.15) is 0 Å². The molecule has 0 aromatic heterocycles. The van der Waals surface area contributed by atoms with E-state index in [1.54, 1.807) is 6.92 Å². The molecule has 4 aliphatic carbocycles. The third-order valence-electron chi connectivity index (χ3n) is 6.84. The number of nitrogens with two attached hydrogens (primary N) is 1. The first kappa shape index (κ1) is 16.6. The smallest absolute Gasteiger partial charge is 0.312 e. The van der Waals surface area contributed by atoms with Crippen LogP contribution in [-0.4, -0.2) is 18.0 Å². The van der Waals surface area contributed by atoms with Gasteiger partial charge in [0.25, 0.3) is 5.91 Å². The highest BCUT2D eigenvalue weighted by Gasteiger charge is 2.61. The molecule has 1 aromatic rings. The summed E-state index contributed by atoms with van der Waals surface area (Å²) in [4.78, 5) is 24.3. The lowest BCUT2D eigenvalue weighted by molar-refractivity contribution is -0.180. The monoisotopic (exact) mass is 341 g/mol. The standard InChI is InChI=1S/C21H27NO3/c1-13-3-5-17(6-4-13)20-8-15-7-16(9-20)11-21(10-15,12-20)19(24)25-14(2)18(22)23/h3-6,14-16H,7-12H2,1-2H3,(H2,22,23)/t14-,15-,16-,20?,21?/m1/s1. The Bertz CT molecular complexity index is 694. The molecule has 4 bridgehead atoms. The molecule has 4 fully saturated rings. The molecule has 4 aliphatic rings. The number of amides is 1. The summed E-state index contributed by atoms with van der Waals surface area (Å²) in [7, 11) is 0. The number of carbonyl (C=O) groups is 2. The molecule has 0 heterocycles. The summed E-state index contributed by atoms with van der Waals surface area (Å²) in [5.74, 6) is 0.383. The van der Waals surface area contributed by atoms with Crippen molar-refractivity contribution in [1.29, 1.82) is 0 Å². The first-order chi connectivity index (χ1) is 11.8. The Morgan fingerprint density at radius 2 is 1.72 bits per heavy atom. The van der Waals surface area contributed by atoms with E-state index in [0.29, 0.717) is 11.8 Å². The second-order valence-electron chi connectivity index (χ2n) is 8.84. The van der Waals surface area contributed by atoms with Gasteiger partial charge < -0.3 is 10.5 Å². The number of hydrogen-bond acceptors (Lipinski definition) is 3. The minimum atomic E-state index is -0.851. The first-order valence-corrected chi connectivity index (χ1v) is 9.39. The number of esters is 1. The fourth-order valence-corrected chi connectivity index (χ4v) is 6.09. The molecule has 0 spiro atoms. The highest BCUT2D eigenvalue weighted by Crippen LogP contribution is 2.66. The van der Waals surface area contributed by atoms with Crippen LogP contribution in [-0.2, 0) is 19.7 Å². The third-order valence-corrected chi connectivity index (χ3v) is 6.84. The van der Waals surface area contributed by atoms with Crippen LogP contribution in [0.15, 0.2) is 24.3 Å². The van der Waals surface area contributed by atoms with Crippen LogP contribution >= 0.6 is 0 Å². The van der Waals surface area contributed by atoms with Crippen molar-refractivity contribution in [2.75, 3.05) is 0 Å². The van der Waals surface area contributed by atoms with Crippen LogP contribution in [0.3, 0.4) is 0 Å². The average Bonchev–Trinajstić information content (AvgIpc) is 2.53. The third kappa shape index (κ3) is 2.66. The van der Waals surface area contributed by atoms with E-state index in [9.17, 15) is 9.59 Å². The highest BCUT2D eigenvalue weighted by atomic mass is 16.5. The fraction of sp³-hybridized carbons (Fsp3) is 0.619. The minimum absolute atomic E-state index is 0.0900. The van der Waals surface area contributed by atoms with Gasteiger partial charge in [-0.3, -0.25) is 9.59 Å². The highest BCUT2D eigenvalue weighted by molar-refractivity contribution is 5.84. The van der Waals surface area contributed by atoms with Crippen molar-refractivity contribution in [1.82, 2.24) is 0 Å². The number of rotatable bonds is 4. The maximum atomic E-state index is 13.0. The molecule has 4 saturated carbocycles. The average molecular weight is 341 g/mol. The Hall–Kier alpha value is -1.84. The topological polar surface area (TPSA) is 69.4 Å². The van der Waals surface area contributed by atoms with Gasteiger partial charge in [0.2, 0.25) is 0 Å². The molecule has 0 saturated heterocycles. The van der Waals surface area contributed by atoms with E-state index in [1.165, 1.54) is 30.4 Å². The number of primary amides is 1.